The quantitative estimate of drug-likeness (QED) is 0.689. The molecule has 7 heteroatoms. The lowest BCUT2D eigenvalue weighted by Crippen LogP contribution is -2.17. The maximum atomic E-state index is 13.8. The van der Waals surface area contributed by atoms with Crippen molar-refractivity contribution < 1.29 is 27.0 Å². The van der Waals surface area contributed by atoms with Crippen LogP contribution in [0.1, 0.15) is 0 Å². The predicted octanol–water partition coefficient (Wildman–Crippen LogP) is 3.98. The first kappa shape index (κ1) is 15.0. The molecular weight excluding hydrogens is 290 g/mol. The molecule has 0 bridgehead atoms. The van der Waals surface area contributed by atoms with Crippen LogP contribution in [0.5, 0.6) is 11.5 Å². The number of nitrogen functional groups attached to an aromatic ring is 1. The summed E-state index contributed by atoms with van der Waals surface area (Å²) < 4.78 is 58.9. The van der Waals surface area contributed by atoms with Gasteiger partial charge in [-0.2, -0.15) is 0 Å². The molecule has 3 nitrogen and oxygen atoms in total. The molecule has 0 saturated carbocycles. The molecule has 0 unspecified atom stereocenters. The molecule has 0 radical (unpaired) electrons. The molecule has 0 fully saturated rings. The van der Waals surface area contributed by atoms with E-state index in [1.54, 1.807) is 0 Å². The topological polar surface area (TPSA) is 44.5 Å². The van der Waals surface area contributed by atoms with Gasteiger partial charge >= 0.3 is 6.36 Å². The van der Waals surface area contributed by atoms with Crippen LogP contribution in [0.15, 0.2) is 36.4 Å². The number of hydrogen-bond acceptors (Lipinski definition) is 3. The first-order valence-corrected chi connectivity index (χ1v) is 5.79. The Bertz CT molecular complexity index is 656. The summed E-state index contributed by atoms with van der Waals surface area (Å²) in [6.45, 7) is 0. The predicted molar refractivity (Wildman–Crippen MR) is 69.5 cm³/mol. The first-order valence-electron chi connectivity index (χ1n) is 5.79. The Morgan fingerprint density at radius 3 is 2.19 bits per heavy atom. The highest BCUT2D eigenvalue weighted by molar-refractivity contribution is 5.78. The van der Waals surface area contributed by atoms with Gasteiger partial charge in [0.2, 0.25) is 0 Å². The zero-order valence-corrected chi connectivity index (χ0v) is 10.9. The molecule has 2 aromatic rings. The number of alkyl halides is 3. The second-order valence-electron chi connectivity index (χ2n) is 4.14. The van der Waals surface area contributed by atoms with Crippen LogP contribution in [-0.2, 0) is 0 Å². The fourth-order valence-electron chi connectivity index (χ4n) is 1.82. The van der Waals surface area contributed by atoms with E-state index in [1.165, 1.54) is 31.4 Å². The SMILES string of the molecule is COc1ccc(F)c(-c2ccc(OC(F)(F)F)cc2N)c1. The standard InChI is InChI=1S/C14H11F4NO2/c1-20-8-3-5-12(15)11(6-8)10-4-2-9(7-13(10)19)21-14(16,17)18/h2-7H,19H2,1H3. The van der Waals surface area contributed by atoms with Crippen LogP contribution in [0, 0.1) is 5.82 Å². The van der Waals surface area contributed by atoms with Gasteiger partial charge in [-0.3, -0.25) is 0 Å². The van der Waals surface area contributed by atoms with Gasteiger partial charge in [0.15, 0.2) is 0 Å². The van der Waals surface area contributed by atoms with E-state index in [4.69, 9.17) is 10.5 Å². The van der Waals surface area contributed by atoms with Gasteiger partial charge < -0.3 is 15.2 Å². The van der Waals surface area contributed by atoms with Crippen LogP contribution in [0.3, 0.4) is 0 Å². The summed E-state index contributed by atoms with van der Waals surface area (Å²) >= 11 is 0. The number of anilines is 1. The summed E-state index contributed by atoms with van der Waals surface area (Å²) in [5.41, 5.74) is 6.02. The molecule has 21 heavy (non-hydrogen) atoms. The maximum absolute atomic E-state index is 13.8. The third-order valence-electron chi connectivity index (χ3n) is 2.72. The van der Waals surface area contributed by atoms with Gasteiger partial charge in [0.25, 0.3) is 0 Å². The summed E-state index contributed by atoms with van der Waals surface area (Å²) in [5, 5.41) is 0. The maximum Gasteiger partial charge on any atom is 0.573 e. The van der Waals surface area contributed by atoms with Crippen molar-refractivity contribution in [3.63, 3.8) is 0 Å². The van der Waals surface area contributed by atoms with E-state index in [9.17, 15) is 17.6 Å². The summed E-state index contributed by atoms with van der Waals surface area (Å²) in [5.74, 6) is -0.625. The van der Waals surface area contributed by atoms with Gasteiger partial charge in [0, 0.05) is 22.9 Å². The van der Waals surface area contributed by atoms with E-state index in [0.29, 0.717) is 5.75 Å². The molecule has 0 atom stereocenters. The number of rotatable bonds is 3. The normalized spacial score (nSPS) is 11.3. The van der Waals surface area contributed by atoms with Crippen LogP contribution < -0.4 is 15.2 Å². The largest absolute Gasteiger partial charge is 0.573 e. The molecule has 0 amide bonds. The van der Waals surface area contributed by atoms with Gasteiger partial charge in [0.1, 0.15) is 17.3 Å². The molecule has 0 aliphatic rings. The molecule has 0 aliphatic carbocycles. The molecule has 2 rings (SSSR count). The third kappa shape index (κ3) is 3.56. The first-order chi connectivity index (χ1) is 9.80. The monoisotopic (exact) mass is 301 g/mol. The summed E-state index contributed by atoms with van der Waals surface area (Å²) in [6.07, 6.45) is -4.81. The van der Waals surface area contributed by atoms with Crippen molar-refractivity contribution in [1.82, 2.24) is 0 Å². The summed E-state index contributed by atoms with van der Waals surface area (Å²) in [7, 11) is 1.42. The molecular formula is C14H11F4NO2. The minimum Gasteiger partial charge on any atom is -0.497 e. The zero-order valence-electron chi connectivity index (χ0n) is 10.9. The fraction of sp³-hybridized carbons (Fsp3) is 0.143. The van der Waals surface area contributed by atoms with Crippen LogP contribution in [0.2, 0.25) is 0 Å². The van der Waals surface area contributed by atoms with Gasteiger partial charge in [-0.05, 0) is 30.3 Å². The van der Waals surface area contributed by atoms with Crippen LogP contribution in [-0.4, -0.2) is 13.5 Å². The number of nitrogens with two attached hydrogens (primary N) is 1. The van der Waals surface area contributed by atoms with Crippen molar-refractivity contribution in [2.45, 2.75) is 6.36 Å². The average Bonchev–Trinajstić information content (AvgIpc) is 2.38. The second-order valence-corrected chi connectivity index (χ2v) is 4.14. The highest BCUT2D eigenvalue weighted by Gasteiger charge is 2.31. The van der Waals surface area contributed by atoms with Gasteiger partial charge in [-0.15, -0.1) is 13.2 Å². The van der Waals surface area contributed by atoms with Crippen molar-refractivity contribution in [3.8, 4) is 22.6 Å². The average molecular weight is 301 g/mol. The molecule has 2 N–H and O–H groups in total. The highest BCUT2D eigenvalue weighted by Crippen LogP contribution is 2.34. The van der Waals surface area contributed by atoms with E-state index in [1.807, 2.05) is 0 Å². The molecule has 2 aromatic carbocycles. The number of benzene rings is 2. The summed E-state index contributed by atoms with van der Waals surface area (Å²) in [4.78, 5) is 0. The van der Waals surface area contributed by atoms with Gasteiger partial charge in [0.05, 0.1) is 7.11 Å². The van der Waals surface area contributed by atoms with Crippen LogP contribution >= 0.6 is 0 Å². The van der Waals surface area contributed by atoms with Crippen molar-refractivity contribution in [2.75, 3.05) is 12.8 Å². The van der Waals surface area contributed by atoms with Crippen molar-refractivity contribution in [1.29, 1.82) is 0 Å². The Hall–Kier alpha value is -2.44. The van der Waals surface area contributed by atoms with Crippen molar-refractivity contribution in [2.24, 2.45) is 0 Å². The number of hydrogen-bond donors (Lipinski definition) is 1. The molecule has 112 valence electrons. The second kappa shape index (κ2) is 5.51. The Morgan fingerprint density at radius 2 is 1.62 bits per heavy atom. The Labute approximate surface area is 117 Å². The van der Waals surface area contributed by atoms with E-state index in [2.05, 4.69) is 4.74 Å². The van der Waals surface area contributed by atoms with Crippen LogP contribution in [0.25, 0.3) is 11.1 Å². The van der Waals surface area contributed by atoms with E-state index in [0.717, 1.165) is 12.1 Å². The van der Waals surface area contributed by atoms with Crippen molar-refractivity contribution in [3.05, 3.63) is 42.2 Å². The summed E-state index contributed by atoms with van der Waals surface area (Å²) in [6, 6.07) is 7.34. The molecule has 0 spiro atoms. The number of halogens is 4. The number of ether oxygens (including phenoxy) is 2. The Balaban J connectivity index is 2.42. The minimum absolute atomic E-state index is 0.0381. The molecule has 0 heterocycles. The minimum atomic E-state index is -4.81. The van der Waals surface area contributed by atoms with Gasteiger partial charge in [-0.25, -0.2) is 4.39 Å². The lowest BCUT2D eigenvalue weighted by molar-refractivity contribution is -0.274. The van der Waals surface area contributed by atoms with Crippen molar-refractivity contribution >= 4 is 5.69 Å². The Morgan fingerprint density at radius 1 is 0.952 bits per heavy atom. The zero-order chi connectivity index (χ0) is 15.6. The molecule has 0 saturated heterocycles. The van der Waals surface area contributed by atoms with Gasteiger partial charge in [-0.1, -0.05) is 0 Å². The fourth-order valence-corrected chi connectivity index (χ4v) is 1.82. The van der Waals surface area contributed by atoms with E-state index >= 15 is 0 Å². The lowest BCUT2D eigenvalue weighted by Gasteiger charge is -2.12. The third-order valence-corrected chi connectivity index (χ3v) is 2.72. The Kier molecular flexibility index (Phi) is 3.93. The smallest absolute Gasteiger partial charge is 0.497 e. The van der Waals surface area contributed by atoms with Crippen LogP contribution in [0.4, 0.5) is 23.2 Å². The number of methoxy groups -OCH3 is 1. The van der Waals surface area contributed by atoms with E-state index in [-0.39, 0.29) is 16.8 Å². The highest BCUT2D eigenvalue weighted by atomic mass is 19.4. The molecule has 0 aromatic heterocycles. The lowest BCUT2D eigenvalue weighted by atomic mass is 10.0. The molecule has 0 aliphatic heterocycles. The van der Waals surface area contributed by atoms with E-state index < -0.39 is 17.9 Å².